The molecule has 1 rings (SSSR count). The number of nitrogens with zero attached hydrogens (tertiary/aromatic N) is 1. The number of Topliss-reactive ketones (excluding diaryl/α,β-unsaturated/α-hetero) is 1. The molecule has 0 aliphatic carbocycles. The van der Waals surface area contributed by atoms with Gasteiger partial charge in [0.15, 0.2) is 0 Å². The van der Waals surface area contributed by atoms with Crippen LogP contribution in [-0.4, -0.2) is 29.8 Å². The molecule has 16 heavy (non-hydrogen) atoms. The van der Waals surface area contributed by atoms with Crippen molar-refractivity contribution in [2.24, 2.45) is 5.92 Å². The van der Waals surface area contributed by atoms with E-state index < -0.39 is 0 Å². The van der Waals surface area contributed by atoms with Gasteiger partial charge in [-0.25, -0.2) is 0 Å². The number of ketones is 1. The first-order valence-electron chi connectivity index (χ1n) is 6.81. The van der Waals surface area contributed by atoms with Gasteiger partial charge in [-0.05, 0) is 32.2 Å². The fraction of sp³-hybridized carbons (Fsp3) is 0.929. The SMILES string of the molecule is CCC.CCC(C)CN1CCCC1C(C)=O. The second-order valence-corrected chi connectivity index (χ2v) is 4.98. The Kier molecular flexibility index (Phi) is 8.54. The Morgan fingerprint density at radius 3 is 2.38 bits per heavy atom. The highest BCUT2D eigenvalue weighted by Gasteiger charge is 2.28. The van der Waals surface area contributed by atoms with Gasteiger partial charge in [0.2, 0.25) is 0 Å². The molecule has 2 nitrogen and oxygen atoms in total. The predicted octanol–water partition coefficient (Wildman–Crippen LogP) is 3.50. The van der Waals surface area contributed by atoms with Crippen molar-refractivity contribution < 1.29 is 4.79 Å². The maximum absolute atomic E-state index is 11.3. The largest absolute Gasteiger partial charge is 0.298 e. The Hall–Kier alpha value is -0.370. The van der Waals surface area contributed by atoms with E-state index in [2.05, 4.69) is 32.6 Å². The first kappa shape index (κ1) is 15.6. The Balaban J connectivity index is 0.000000673. The highest BCUT2D eigenvalue weighted by atomic mass is 16.1. The van der Waals surface area contributed by atoms with Crippen LogP contribution in [-0.2, 0) is 4.79 Å². The molecular formula is C14H29NO. The van der Waals surface area contributed by atoms with Gasteiger partial charge in [0.25, 0.3) is 0 Å². The summed E-state index contributed by atoms with van der Waals surface area (Å²) in [6, 6.07) is 0.231. The van der Waals surface area contributed by atoms with E-state index in [-0.39, 0.29) is 6.04 Å². The van der Waals surface area contributed by atoms with Crippen LogP contribution in [0.15, 0.2) is 0 Å². The van der Waals surface area contributed by atoms with E-state index in [1.165, 1.54) is 19.3 Å². The van der Waals surface area contributed by atoms with Crippen LogP contribution >= 0.6 is 0 Å². The van der Waals surface area contributed by atoms with Crippen molar-refractivity contribution in [1.29, 1.82) is 0 Å². The summed E-state index contributed by atoms with van der Waals surface area (Å²) in [6.07, 6.45) is 4.73. The number of hydrogen-bond acceptors (Lipinski definition) is 2. The van der Waals surface area contributed by atoms with Gasteiger partial charge in [0, 0.05) is 6.54 Å². The summed E-state index contributed by atoms with van der Waals surface area (Å²) in [5.41, 5.74) is 0. The first-order chi connectivity index (χ1) is 7.56. The van der Waals surface area contributed by atoms with Gasteiger partial charge in [-0.2, -0.15) is 0 Å². The highest BCUT2D eigenvalue weighted by Crippen LogP contribution is 2.19. The summed E-state index contributed by atoms with van der Waals surface area (Å²) >= 11 is 0. The molecule has 0 saturated carbocycles. The van der Waals surface area contributed by atoms with Crippen molar-refractivity contribution in [3.63, 3.8) is 0 Å². The fourth-order valence-corrected chi connectivity index (χ4v) is 2.03. The lowest BCUT2D eigenvalue weighted by atomic mass is 10.1. The van der Waals surface area contributed by atoms with E-state index in [0.717, 1.165) is 25.4 Å². The third-order valence-electron chi connectivity index (χ3n) is 3.08. The van der Waals surface area contributed by atoms with Gasteiger partial charge in [-0.1, -0.05) is 40.5 Å². The van der Waals surface area contributed by atoms with Crippen molar-refractivity contribution in [2.45, 2.75) is 66.3 Å². The molecule has 0 aromatic heterocycles. The third kappa shape index (κ3) is 5.64. The number of carbonyl (C=O) groups excluding carboxylic acids is 1. The van der Waals surface area contributed by atoms with Crippen LogP contribution in [0.1, 0.15) is 60.3 Å². The van der Waals surface area contributed by atoms with Crippen LogP contribution in [0.2, 0.25) is 0 Å². The predicted molar refractivity (Wildman–Crippen MR) is 70.7 cm³/mol. The molecule has 1 aliphatic heterocycles. The maximum atomic E-state index is 11.3. The Bertz CT molecular complexity index is 191. The monoisotopic (exact) mass is 227 g/mol. The molecule has 0 N–H and O–H groups in total. The molecule has 0 bridgehead atoms. The van der Waals surface area contributed by atoms with Crippen LogP contribution in [0.5, 0.6) is 0 Å². The molecule has 0 aromatic rings. The molecule has 0 amide bonds. The summed E-state index contributed by atoms with van der Waals surface area (Å²) < 4.78 is 0. The average Bonchev–Trinajstić information content (AvgIpc) is 2.67. The van der Waals surface area contributed by atoms with Crippen LogP contribution < -0.4 is 0 Å². The zero-order chi connectivity index (χ0) is 12.6. The van der Waals surface area contributed by atoms with Crippen molar-refractivity contribution in [1.82, 2.24) is 4.90 Å². The minimum atomic E-state index is 0.231. The lowest BCUT2D eigenvalue weighted by Gasteiger charge is -2.24. The molecule has 0 aromatic carbocycles. The Labute approximate surface area is 101 Å². The minimum absolute atomic E-state index is 0.231. The third-order valence-corrected chi connectivity index (χ3v) is 3.08. The maximum Gasteiger partial charge on any atom is 0.146 e. The molecule has 1 aliphatic rings. The number of carbonyl (C=O) groups is 1. The normalized spacial score (nSPS) is 22.4. The summed E-state index contributed by atoms with van der Waals surface area (Å²) in [5.74, 6) is 1.07. The van der Waals surface area contributed by atoms with E-state index >= 15 is 0 Å². The Morgan fingerprint density at radius 1 is 1.38 bits per heavy atom. The highest BCUT2D eigenvalue weighted by molar-refractivity contribution is 5.81. The number of hydrogen-bond donors (Lipinski definition) is 0. The minimum Gasteiger partial charge on any atom is -0.298 e. The average molecular weight is 227 g/mol. The van der Waals surface area contributed by atoms with Crippen molar-refractivity contribution in [3.8, 4) is 0 Å². The van der Waals surface area contributed by atoms with Crippen LogP contribution in [0, 0.1) is 5.92 Å². The summed E-state index contributed by atoms with van der Waals surface area (Å²) in [6.45, 7) is 12.7. The molecule has 1 fully saturated rings. The standard InChI is InChI=1S/C11H21NO.C3H8/c1-4-9(2)8-12-7-5-6-11(12)10(3)13;1-3-2/h9,11H,4-8H2,1-3H3;3H2,1-2H3. The van der Waals surface area contributed by atoms with Gasteiger partial charge in [-0.15, -0.1) is 0 Å². The number of rotatable bonds is 4. The van der Waals surface area contributed by atoms with E-state index in [4.69, 9.17) is 0 Å². The molecule has 96 valence electrons. The second kappa shape index (κ2) is 8.74. The molecular weight excluding hydrogens is 198 g/mol. The van der Waals surface area contributed by atoms with Gasteiger partial charge >= 0.3 is 0 Å². The van der Waals surface area contributed by atoms with Crippen molar-refractivity contribution in [3.05, 3.63) is 0 Å². The van der Waals surface area contributed by atoms with E-state index in [1.807, 2.05) is 0 Å². The smallest absolute Gasteiger partial charge is 0.146 e. The first-order valence-corrected chi connectivity index (χ1v) is 6.81. The lowest BCUT2D eigenvalue weighted by Crippen LogP contribution is -2.37. The number of likely N-dealkylation sites (tertiary alicyclic amines) is 1. The van der Waals surface area contributed by atoms with Crippen molar-refractivity contribution >= 4 is 5.78 Å². The van der Waals surface area contributed by atoms with E-state index in [0.29, 0.717) is 5.78 Å². The fourth-order valence-electron chi connectivity index (χ4n) is 2.03. The molecule has 2 atom stereocenters. The zero-order valence-corrected chi connectivity index (χ0v) is 11.8. The molecule has 2 unspecified atom stereocenters. The summed E-state index contributed by atoms with van der Waals surface area (Å²) in [4.78, 5) is 13.6. The van der Waals surface area contributed by atoms with Gasteiger partial charge in [0.05, 0.1) is 6.04 Å². The quantitative estimate of drug-likeness (QED) is 0.732. The Morgan fingerprint density at radius 2 is 1.94 bits per heavy atom. The summed E-state index contributed by atoms with van der Waals surface area (Å²) in [7, 11) is 0. The van der Waals surface area contributed by atoms with Crippen LogP contribution in [0.4, 0.5) is 0 Å². The topological polar surface area (TPSA) is 20.3 Å². The molecule has 2 heteroatoms. The van der Waals surface area contributed by atoms with E-state index in [1.54, 1.807) is 6.92 Å². The molecule has 0 radical (unpaired) electrons. The zero-order valence-electron chi connectivity index (χ0n) is 11.8. The second-order valence-electron chi connectivity index (χ2n) is 4.98. The lowest BCUT2D eigenvalue weighted by molar-refractivity contribution is -0.121. The molecule has 1 saturated heterocycles. The van der Waals surface area contributed by atoms with Gasteiger partial charge in [-0.3, -0.25) is 9.69 Å². The summed E-state index contributed by atoms with van der Waals surface area (Å²) in [5, 5.41) is 0. The molecule has 1 heterocycles. The van der Waals surface area contributed by atoms with Gasteiger partial charge in [0.1, 0.15) is 5.78 Å². The molecule has 0 spiro atoms. The van der Waals surface area contributed by atoms with Crippen LogP contribution in [0.25, 0.3) is 0 Å². The van der Waals surface area contributed by atoms with Crippen LogP contribution in [0.3, 0.4) is 0 Å². The van der Waals surface area contributed by atoms with Crippen molar-refractivity contribution in [2.75, 3.05) is 13.1 Å². The van der Waals surface area contributed by atoms with E-state index in [9.17, 15) is 4.79 Å². The van der Waals surface area contributed by atoms with Gasteiger partial charge < -0.3 is 0 Å².